The van der Waals surface area contributed by atoms with Gasteiger partial charge in [0.25, 0.3) is 0 Å². The minimum absolute atomic E-state index is 0.0240. The summed E-state index contributed by atoms with van der Waals surface area (Å²) in [5.41, 5.74) is 6.20. The number of hydrogen-bond donors (Lipinski definition) is 3. The highest BCUT2D eigenvalue weighted by molar-refractivity contribution is 7.18. The molecular formula is C20H23N3O7S. The zero-order chi connectivity index (χ0) is 23.1. The van der Waals surface area contributed by atoms with E-state index in [0.717, 1.165) is 18.4 Å². The summed E-state index contributed by atoms with van der Waals surface area (Å²) < 4.78 is 14.8. The monoisotopic (exact) mass is 449 g/mol. The van der Waals surface area contributed by atoms with Crippen molar-refractivity contribution in [3.63, 3.8) is 0 Å². The fourth-order valence-corrected chi connectivity index (χ4v) is 3.59. The van der Waals surface area contributed by atoms with Gasteiger partial charge in [0.15, 0.2) is 0 Å². The van der Waals surface area contributed by atoms with Crippen LogP contribution in [-0.2, 0) is 20.8 Å². The molecule has 0 spiro atoms. The first-order chi connectivity index (χ1) is 14.7. The van der Waals surface area contributed by atoms with Gasteiger partial charge in [-0.2, -0.15) is 0 Å². The number of benzene rings is 1. The van der Waals surface area contributed by atoms with Gasteiger partial charge in [-0.3, -0.25) is 0 Å². The van der Waals surface area contributed by atoms with Crippen molar-refractivity contribution in [1.29, 1.82) is 0 Å². The highest BCUT2D eigenvalue weighted by Gasteiger charge is 2.28. The largest absolute Gasteiger partial charge is 0.465 e. The molecule has 4 N–H and O–H groups in total. The lowest BCUT2D eigenvalue weighted by Crippen LogP contribution is -2.34. The second kappa shape index (κ2) is 10.4. The van der Waals surface area contributed by atoms with Crippen molar-refractivity contribution in [3.8, 4) is 0 Å². The maximum Gasteiger partial charge on any atom is 0.348 e. The summed E-state index contributed by atoms with van der Waals surface area (Å²) in [5, 5.41) is 5.27. The number of amides is 2. The van der Waals surface area contributed by atoms with Crippen LogP contribution in [-0.4, -0.2) is 44.2 Å². The average Bonchev–Trinajstić information content (AvgIpc) is 3.06. The lowest BCUT2D eigenvalue weighted by Gasteiger charge is -2.13. The Morgan fingerprint density at radius 2 is 1.68 bits per heavy atom. The molecule has 0 aliphatic heterocycles. The number of para-hydroxylation sites is 1. The summed E-state index contributed by atoms with van der Waals surface area (Å²) in [6.45, 7) is 3.15. The standard InChI is InChI=1S/C20H23N3O7S/c1-10(2)22-20(27)23-13-8-6-5-7-11(13)17(24)30-9-12-14(18(25)28-3)16(21)31-15(12)19(26)29-4/h5-8,10H,9,21H2,1-4H3,(H2,22,23,27). The van der Waals surface area contributed by atoms with E-state index in [1.807, 2.05) is 0 Å². The molecule has 1 heterocycles. The molecule has 11 heteroatoms. The van der Waals surface area contributed by atoms with Crippen molar-refractivity contribution in [2.75, 3.05) is 25.3 Å². The first-order valence-electron chi connectivity index (χ1n) is 9.11. The fourth-order valence-electron chi connectivity index (χ4n) is 2.61. The summed E-state index contributed by atoms with van der Waals surface area (Å²) in [5.74, 6) is -2.29. The summed E-state index contributed by atoms with van der Waals surface area (Å²) >= 11 is 0.828. The Kier molecular flexibility index (Phi) is 7.97. The van der Waals surface area contributed by atoms with Gasteiger partial charge >= 0.3 is 23.9 Å². The summed E-state index contributed by atoms with van der Waals surface area (Å²) in [4.78, 5) is 48.9. The smallest absolute Gasteiger partial charge is 0.348 e. The van der Waals surface area contributed by atoms with Crippen LogP contribution in [0.2, 0.25) is 0 Å². The van der Waals surface area contributed by atoms with E-state index in [2.05, 4.69) is 10.6 Å². The van der Waals surface area contributed by atoms with Gasteiger partial charge in [-0.05, 0) is 26.0 Å². The Hall–Kier alpha value is -3.60. The third kappa shape index (κ3) is 5.72. The van der Waals surface area contributed by atoms with Gasteiger partial charge in [0, 0.05) is 11.6 Å². The van der Waals surface area contributed by atoms with Crippen LogP contribution in [0.3, 0.4) is 0 Å². The van der Waals surface area contributed by atoms with E-state index in [1.54, 1.807) is 32.0 Å². The molecule has 0 saturated carbocycles. The molecule has 0 bridgehead atoms. The number of thiophene rings is 1. The number of carbonyl (C=O) groups excluding carboxylic acids is 4. The van der Waals surface area contributed by atoms with Crippen LogP contribution < -0.4 is 16.4 Å². The molecule has 0 atom stereocenters. The summed E-state index contributed by atoms with van der Waals surface area (Å²) in [6.07, 6.45) is 0. The summed E-state index contributed by atoms with van der Waals surface area (Å²) in [7, 11) is 2.34. The van der Waals surface area contributed by atoms with Crippen LogP contribution in [0.25, 0.3) is 0 Å². The first kappa shape index (κ1) is 23.7. The van der Waals surface area contributed by atoms with Crippen LogP contribution in [0.5, 0.6) is 0 Å². The second-order valence-corrected chi connectivity index (χ2v) is 7.56. The van der Waals surface area contributed by atoms with Crippen LogP contribution in [0.15, 0.2) is 24.3 Å². The topological polar surface area (TPSA) is 146 Å². The van der Waals surface area contributed by atoms with Crippen molar-refractivity contribution in [2.24, 2.45) is 0 Å². The predicted molar refractivity (Wildman–Crippen MR) is 114 cm³/mol. The quantitative estimate of drug-likeness (QED) is 0.432. The maximum absolute atomic E-state index is 12.7. The van der Waals surface area contributed by atoms with E-state index in [1.165, 1.54) is 13.2 Å². The van der Waals surface area contributed by atoms with Gasteiger partial charge in [-0.25, -0.2) is 19.2 Å². The minimum Gasteiger partial charge on any atom is -0.465 e. The van der Waals surface area contributed by atoms with E-state index in [-0.39, 0.29) is 38.3 Å². The number of hydrogen-bond acceptors (Lipinski definition) is 9. The SMILES string of the molecule is COC(=O)c1sc(N)c(C(=O)OC)c1COC(=O)c1ccccc1NC(=O)NC(C)C. The molecule has 2 aromatic rings. The number of rotatable bonds is 7. The van der Waals surface area contributed by atoms with Crippen LogP contribution in [0.4, 0.5) is 15.5 Å². The third-order valence-corrected chi connectivity index (χ3v) is 5.00. The van der Waals surface area contributed by atoms with Gasteiger partial charge in [-0.1, -0.05) is 12.1 Å². The second-order valence-electron chi connectivity index (χ2n) is 6.51. The Balaban J connectivity index is 2.28. The van der Waals surface area contributed by atoms with Crippen molar-refractivity contribution >= 4 is 46.0 Å². The molecule has 0 aliphatic carbocycles. The van der Waals surface area contributed by atoms with Gasteiger partial charge in [0.2, 0.25) is 0 Å². The highest BCUT2D eigenvalue weighted by Crippen LogP contribution is 2.33. The molecule has 1 aromatic carbocycles. The molecule has 2 amide bonds. The molecule has 1 aromatic heterocycles. The molecule has 31 heavy (non-hydrogen) atoms. The van der Waals surface area contributed by atoms with Crippen molar-refractivity contribution in [2.45, 2.75) is 26.5 Å². The highest BCUT2D eigenvalue weighted by atomic mass is 32.1. The Morgan fingerprint density at radius 1 is 1.03 bits per heavy atom. The Bertz CT molecular complexity index is 1000. The average molecular weight is 449 g/mol. The molecule has 2 rings (SSSR count). The minimum atomic E-state index is -0.781. The summed E-state index contributed by atoms with van der Waals surface area (Å²) in [6, 6.07) is 5.67. The number of nitrogens with two attached hydrogens (primary N) is 1. The van der Waals surface area contributed by atoms with E-state index in [4.69, 9.17) is 19.9 Å². The molecule has 0 aliphatic rings. The number of methoxy groups -OCH3 is 2. The van der Waals surface area contributed by atoms with Crippen molar-refractivity contribution < 1.29 is 33.4 Å². The zero-order valence-corrected chi connectivity index (χ0v) is 18.3. The normalized spacial score (nSPS) is 10.4. The number of urea groups is 1. The number of carbonyl (C=O) groups is 4. The molecule has 0 unspecified atom stereocenters. The van der Waals surface area contributed by atoms with E-state index in [0.29, 0.717) is 0 Å². The number of anilines is 2. The van der Waals surface area contributed by atoms with E-state index < -0.39 is 30.5 Å². The lowest BCUT2D eigenvalue weighted by atomic mass is 10.1. The first-order valence-corrected chi connectivity index (χ1v) is 9.92. The van der Waals surface area contributed by atoms with Gasteiger partial charge < -0.3 is 30.6 Å². The van der Waals surface area contributed by atoms with Crippen molar-refractivity contribution in [3.05, 3.63) is 45.8 Å². The molecular weight excluding hydrogens is 426 g/mol. The number of esters is 3. The van der Waals surface area contributed by atoms with E-state index >= 15 is 0 Å². The molecule has 0 fully saturated rings. The predicted octanol–water partition coefficient (Wildman–Crippen LogP) is 2.79. The van der Waals surface area contributed by atoms with E-state index in [9.17, 15) is 19.2 Å². The zero-order valence-electron chi connectivity index (χ0n) is 17.4. The molecule has 0 saturated heterocycles. The van der Waals surface area contributed by atoms with Gasteiger partial charge in [-0.15, -0.1) is 11.3 Å². The molecule has 166 valence electrons. The lowest BCUT2D eigenvalue weighted by molar-refractivity contribution is 0.0453. The molecule has 0 radical (unpaired) electrons. The number of nitrogen functional groups attached to an aromatic ring is 1. The molecule has 10 nitrogen and oxygen atoms in total. The van der Waals surface area contributed by atoms with Gasteiger partial charge in [0.1, 0.15) is 22.0 Å². The fraction of sp³-hybridized carbons (Fsp3) is 0.300. The number of ether oxygens (including phenoxy) is 3. The maximum atomic E-state index is 12.7. The Labute approximate surface area is 182 Å². The van der Waals surface area contributed by atoms with Gasteiger partial charge in [0.05, 0.1) is 25.5 Å². The van der Waals surface area contributed by atoms with Crippen molar-refractivity contribution in [1.82, 2.24) is 5.32 Å². The third-order valence-electron chi connectivity index (χ3n) is 3.96. The van der Waals surface area contributed by atoms with Crippen LogP contribution in [0, 0.1) is 0 Å². The van der Waals surface area contributed by atoms with Crippen LogP contribution >= 0.6 is 11.3 Å². The number of nitrogens with one attached hydrogen (secondary N) is 2. The van der Waals surface area contributed by atoms with Crippen LogP contribution in [0.1, 0.15) is 49.8 Å². The Morgan fingerprint density at radius 3 is 2.29 bits per heavy atom.